The highest BCUT2D eigenvalue weighted by Crippen LogP contribution is 2.16. The summed E-state index contributed by atoms with van der Waals surface area (Å²) in [5.74, 6) is 0. The Morgan fingerprint density at radius 3 is 1.09 bits per heavy atom. The molecule has 0 aromatic heterocycles. The molecule has 0 aromatic carbocycles. The smallest absolute Gasteiger partial charge is 0.100 e. The first-order chi connectivity index (χ1) is 16.9. The molecule has 3 heterocycles. The summed E-state index contributed by atoms with van der Waals surface area (Å²) in [5.41, 5.74) is 3.20. The highest BCUT2D eigenvalue weighted by Gasteiger charge is 2.11. The molecule has 2 unspecified atom stereocenters. The third kappa shape index (κ3) is 12.5. The van der Waals surface area contributed by atoms with Crippen molar-refractivity contribution in [1.82, 2.24) is 0 Å². The van der Waals surface area contributed by atoms with Gasteiger partial charge in [-0.3, -0.25) is 0 Å². The first kappa shape index (κ1) is 27.5. The summed E-state index contributed by atoms with van der Waals surface area (Å²) in [5, 5.41) is 0. The zero-order valence-corrected chi connectivity index (χ0v) is 22.4. The fourth-order valence-electron chi connectivity index (χ4n) is 5.96. The van der Waals surface area contributed by atoms with Gasteiger partial charge in [-0.15, -0.1) is 0 Å². The summed E-state index contributed by atoms with van der Waals surface area (Å²) < 4.78 is 0. The Morgan fingerprint density at radius 1 is 0.382 bits per heavy atom. The zero-order valence-electron chi connectivity index (χ0n) is 22.4. The lowest BCUT2D eigenvalue weighted by atomic mass is 10.0. The molecule has 0 aromatic rings. The second-order valence-corrected chi connectivity index (χ2v) is 11.3. The standard InChI is InChI=1S/C32H54N2/c1-2-5-9-13-17-25-33-27-20-24-32(30-33)22-16-12-8-4-6-10-14-18-26-34-28-19-23-31(29-34)21-15-11-7-3-1/h19-20,23-24,29-30H,1-18,21-22,25-28H2/p+2. The lowest BCUT2D eigenvalue weighted by Gasteiger charge is -2.18. The summed E-state index contributed by atoms with van der Waals surface area (Å²) in [4.78, 5) is 3.39. The van der Waals surface area contributed by atoms with Gasteiger partial charge in [-0.05, 0) is 63.5 Å². The maximum absolute atomic E-state index is 2.55. The van der Waals surface area contributed by atoms with Crippen LogP contribution in [0.25, 0.3) is 0 Å². The minimum atomic E-state index is 1.20. The predicted octanol–water partition coefficient (Wildman–Crippen LogP) is 6.48. The molecule has 0 amide bonds. The lowest BCUT2D eigenvalue weighted by Crippen LogP contribution is -3.07. The van der Waals surface area contributed by atoms with Crippen LogP contribution in [0.4, 0.5) is 0 Å². The molecule has 2 atom stereocenters. The Labute approximate surface area is 212 Å². The van der Waals surface area contributed by atoms with Crippen LogP contribution < -0.4 is 9.80 Å². The maximum Gasteiger partial charge on any atom is 0.100 e. The molecule has 2 nitrogen and oxygen atoms in total. The molecule has 3 rings (SSSR count). The van der Waals surface area contributed by atoms with E-state index in [4.69, 9.17) is 0 Å². The van der Waals surface area contributed by atoms with E-state index in [9.17, 15) is 0 Å². The van der Waals surface area contributed by atoms with Crippen molar-refractivity contribution in [2.75, 3.05) is 26.2 Å². The Kier molecular flexibility index (Phi) is 14.7. The molecule has 0 fully saturated rings. The second-order valence-electron chi connectivity index (χ2n) is 11.3. The Bertz CT molecular complexity index is 641. The molecule has 34 heavy (non-hydrogen) atoms. The Balaban J connectivity index is 1.35. The van der Waals surface area contributed by atoms with Crippen LogP contribution in [-0.4, -0.2) is 26.2 Å². The first-order valence-electron chi connectivity index (χ1n) is 15.3. The van der Waals surface area contributed by atoms with E-state index in [-0.39, 0.29) is 0 Å². The summed E-state index contributed by atoms with van der Waals surface area (Å²) in [7, 11) is 0. The van der Waals surface area contributed by atoms with Crippen molar-refractivity contribution < 1.29 is 9.80 Å². The number of nitrogens with one attached hydrogen (secondary N) is 2. The highest BCUT2D eigenvalue weighted by molar-refractivity contribution is 5.18. The van der Waals surface area contributed by atoms with Crippen molar-refractivity contribution in [1.29, 1.82) is 0 Å². The van der Waals surface area contributed by atoms with Gasteiger partial charge < -0.3 is 9.80 Å². The van der Waals surface area contributed by atoms with Crippen LogP contribution in [0.5, 0.6) is 0 Å². The fraction of sp³-hybridized carbons (Fsp3) is 0.750. The van der Waals surface area contributed by atoms with Gasteiger partial charge in [0.25, 0.3) is 0 Å². The van der Waals surface area contributed by atoms with Gasteiger partial charge in [0.15, 0.2) is 0 Å². The quantitative estimate of drug-likeness (QED) is 0.403. The Hall–Kier alpha value is -1.12. The van der Waals surface area contributed by atoms with Gasteiger partial charge in [-0.25, -0.2) is 0 Å². The monoisotopic (exact) mass is 468 g/mol. The van der Waals surface area contributed by atoms with Crippen molar-refractivity contribution in [3.05, 3.63) is 47.9 Å². The number of hydrogen-bond donors (Lipinski definition) is 2. The van der Waals surface area contributed by atoms with E-state index < -0.39 is 0 Å². The largest absolute Gasteiger partial charge is 0.305 e. The molecule has 2 N–H and O–H groups in total. The molecule has 4 bridgehead atoms. The SMILES string of the molecule is C1=CC2=C[NH+](C1)CCCCCCCCCCCCC1=C[NH+](CC=C1)CCCCCCCCCC2. The summed E-state index contributed by atoms with van der Waals surface area (Å²) in [6.07, 6.45) is 43.0. The third-order valence-electron chi connectivity index (χ3n) is 8.13. The van der Waals surface area contributed by atoms with Crippen LogP contribution in [-0.2, 0) is 0 Å². The van der Waals surface area contributed by atoms with Gasteiger partial charge in [-0.1, -0.05) is 89.2 Å². The number of rotatable bonds is 0. The van der Waals surface area contributed by atoms with Crippen molar-refractivity contribution >= 4 is 0 Å². The zero-order chi connectivity index (χ0) is 23.5. The maximum atomic E-state index is 2.55. The topological polar surface area (TPSA) is 8.88 Å². The van der Waals surface area contributed by atoms with Crippen LogP contribution in [0.2, 0.25) is 0 Å². The molecule has 0 saturated carbocycles. The predicted molar refractivity (Wildman–Crippen MR) is 148 cm³/mol. The van der Waals surface area contributed by atoms with Gasteiger partial charge in [0.2, 0.25) is 0 Å². The number of fused-ring (bicyclic) bond motifs is 2. The van der Waals surface area contributed by atoms with E-state index in [1.165, 1.54) is 155 Å². The van der Waals surface area contributed by atoms with Crippen LogP contribution in [0.3, 0.4) is 0 Å². The van der Waals surface area contributed by atoms with E-state index >= 15 is 0 Å². The van der Waals surface area contributed by atoms with Crippen molar-refractivity contribution in [2.24, 2.45) is 0 Å². The number of hydrogen-bond acceptors (Lipinski definition) is 0. The third-order valence-corrected chi connectivity index (χ3v) is 8.13. The minimum Gasteiger partial charge on any atom is -0.305 e. The highest BCUT2D eigenvalue weighted by atomic mass is 15.1. The van der Waals surface area contributed by atoms with Crippen LogP contribution >= 0.6 is 0 Å². The Morgan fingerprint density at radius 2 is 0.706 bits per heavy atom. The first-order valence-corrected chi connectivity index (χ1v) is 15.3. The van der Waals surface area contributed by atoms with E-state index in [2.05, 4.69) is 36.7 Å². The molecule has 0 saturated heterocycles. The molecule has 0 spiro atoms. The van der Waals surface area contributed by atoms with E-state index in [1.807, 2.05) is 0 Å². The average Bonchev–Trinajstić information content (AvgIpc) is 2.86. The molecule has 0 radical (unpaired) electrons. The van der Waals surface area contributed by atoms with Gasteiger partial charge in [0.1, 0.15) is 13.1 Å². The van der Waals surface area contributed by atoms with Gasteiger partial charge in [0.05, 0.1) is 25.5 Å². The molecule has 3 aliphatic heterocycles. The normalized spacial score (nSPS) is 28.2. The average molecular weight is 469 g/mol. The van der Waals surface area contributed by atoms with E-state index in [0.717, 1.165) is 0 Å². The summed E-state index contributed by atoms with van der Waals surface area (Å²) >= 11 is 0. The van der Waals surface area contributed by atoms with Crippen LogP contribution in [0.15, 0.2) is 47.9 Å². The van der Waals surface area contributed by atoms with Crippen LogP contribution in [0, 0.1) is 0 Å². The number of allylic oxidation sites excluding steroid dienone is 4. The van der Waals surface area contributed by atoms with Crippen molar-refractivity contribution in [2.45, 2.75) is 128 Å². The fourth-order valence-corrected chi connectivity index (χ4v) is 5.96. The minimum absolute atomic E-state index is 1.20. The van der Waals surface area contributed by atoms with E-state index in [0.29, 0.717) is 0 Å². The van der Waals surface area contributed by atoms with Crippen molar-refractivity contribution in [3.63, 3.8) is 0 Å². The molecular weight excluding hydrogens is 412 g/mol. The summed E-state index contributed by atoms with van der Waals surface area (Å²) in [6, 6.07) is 0. The summed E-state index contributed by atoms with van der Waals surface area (Å²) in [6.45, 7) is 5.07. The molecule has 0 aliphatic carbocycles. The van der Waals surface area contributed by atoms with Crippen molar-refractivity contribution in [3.8, 4) is 0 Å². The lowest BCUT2D eigenvalue weighted by molar-refractivity contribution is -0.842. The molecule has 2 heteroatoms. The molecule has 192 valence electrons. The molecule has 3 aliphatic rings. The van der Waals surface area contributed by atoms with E-state index in [1.54, 1.807) is 20.9 Å². The van der Waals surface area contributed by atoms with Gasteiger partial charge in [-0.2, -0.15) is 0 Å². The molecular formula is C32H56N2+2. The van der Waals surface area contributed by atoms with Gasteiger partial charge in [0, 0.05) is 11.1 Å². The second kappa shape index (κ2) is 18.2. The van der Waals surface area contributed by atoms with Gasteiger partial charge >= 0.3 is 0 Å². The van der Waals surface area contributed by atoms with Crippen LogP contribution in [0.1, 0.15) is 128 Å². The number of quaternary nitrogens is 2.